The molecule has 29 heavy (non-hydrogen) atoms. The summed E-state index contributed by atoms with van der Waals surface area (Å²) in [6.07, 6.45) is 3.74. The standard InChI is InChI=1S/C28H35N/c1-5-21(3)20-23(6-2)26-14-18-28(19-15-26)29-27-16-12-25(13-17-27)22(4)24-10-8-7-9-11-24/h7-19,21-23,29H,5-6,20H2,1-4H3. The predicted octanol–water partition coefficient (Wildman–Crippen LogP) is 8.51. The van der Waals surface area contributed by atoms with Crippen LogP contribution in [-0.4, -0.2) is 0 Å². The molecule has 0 aromatic heterocycles. The van der Waals surface area contributed by atoms with Gasteiger partial charge in [-0.15, -0.1) is 0 Å². The minimum absolute atomic E-state index is 0.404. The molecule has 1 N–H and O–H groups in total. The first-order valence-electron chi connectivity index (χ1n) is 11.1. The summed E-state index contributed by atoms with van der Waals surface area (Å²) >= 11 is 0. The summed E-state index contributed by atoms with van der Waals surface area (Å²) in [4.78, 5) is 0. The van der Waals surface area contributed by atoms with Gasteiger partial charge >= 0.3 is 0 Å². The lowest BCUT2D eigenvalue weighted by Crippen LogP contribution is -2.04. The summed E-state index contributed by atoms with van der Waals surface area (Å²) < 4.78 is 0. The molecular weight excluding hydrogens is 350 g/mol. The molecule has 152 valence electrons. The molecule has 0 bridgehead atoms. The normalized spacial score (nSPS) is 14.2. The summed E-state index contributed by atoms with van der Waals surface area (Å²) in [7, 11) is 0. The van der Waals surface area contributed by atoms with Crippen LogP contribution < -0.4 is 5.32 Å². The predicted molar refractivity (Wildman–Crippen MR) is 127 cm³/mol. The van der Waals surface area contributed by atoms with E-state index in [1.807, 2.05) is 0 Å². The SMILES string of the molecule is CCC(C)CC(CC)c1ccc(Nc2ccc(C(C)c3ccccc3)cc2)cc1. The lowest BCUT2D eigenvalue weighted by Gasteiger charge is -2.19. The van der Waals surface area contributed by atoms with Gasteiger partial charge in [-0.05, 0) is 65.6 Å². The van der Waals surface area contributed by atoms with Crippen LogP contribution in [0.5, 0.6) is 0 Å². The monoisotopic (exact) mass is 385 g/mol. The van der Waals surface area contributed by atoms with Crippen LogP contribution >= 0.6 is 0 Å². The highest BCUT2D eigenvalue weighted by Gasteiger charge is 2.13. The van der Waals surface area contributed by atoms with Crippen LogP contribution in [0, 0.1) is 5.92 Å². The highest BCUT2D eigenvalue weighted by molar-refractivity contribution is 5.60. The van der Waals surface area contributed by atoms with E-state index >= 15 is 0 Å². The third kappa shape index (κ3) is 5.73. The Morgan fingerprint density at radius 2 is 1.14 bits per heavy atom. The molecule has 0 aliphatic heterocycles. The third-order valence-electron chi connectivity index (χ3n) is 6.26. The van der Waals surface area contributed by atoms with E-state index in [1.165, 1.54) is 36.0 Å². The van der Waals surface area contributed by atoms with Crippen molar-refractivity contribution in [2.45, 2.75) is 58.8 Å². The zero-order valence-corrected chi connectivity index (χ0v) is 18.4. The summed E-state index contributed by atoms with van der Waals surface area (Å²) in [6.45, 7) is 9.22. The molecule has 3 aromatic carbocycles. The van der Waals surface area contributed by atoms with Crippen LogP contribution in [0.2, 0.25) is 0 Å². The van der Waals surface area contributed by atoms with Crippen molar-refractivity contribution in [2.75, 3.05) is 5.32 Å². The topological polar surface area (TPSA) is 12.0 Å². The molecule has 0 heterocycles. The molecule has 0 saturated carbocycles. The summed E-state index contributed by atoms with van der Waals surface area (Å²) in [6, 6.07) is 28.5. The van der Waals surface area contributed by atoms with Crippen LogP contribution in [0.3, 0.4) is 0 Å². The van der Waals surface area contributed by atoms with E-state index in [9.17, 15) is 0 Å². The molecule has 0 aliphatic rings. The van der Waals surface area contributed by atoms with Gasteiger partial charge in [-0.1, -0.05) is 88.7 Å². The zero-order valence-electron chi connectivity index (χ0n) is 18.4. The summed E-state index contributed by atoms with van der Waals surface area (Å²) in [5.41, 5.74) is 6.44. The summed E-state index contributed by atoms with van der Waals surface area (Å²) in [5.74, 6) is 1.85. The first kappa shape index (κ1) is 21.2. The van der Waals surface area contributed by atoms with E-state index in [0.29, 0.717) is 11.8 Å². The first-order chi connectivity index (χ1) is 14.1. The van der Waals surface area contributed by atoms with Gasteiger partial charge in [0.05, 0.1) is 0 Å². The van der Waals surface area contributed by atoms with Gasteiger partial charge in [0.2, 0.25) is 0 Å². The highest BCUT2D eigenvalue weighted by atomic mass is 14.9. The van der Waals surface area contributed by atoms with E-state index in [2.05, 4.69) is 112 Å². The molecule has 0 aliphatic carbocycles. The second-order valence-corrected chi connectivity index (χ2v) is 8.36. The lowest BCUT2D eigenvalue weighted by atomic mass is 9.86. The third-order valence-corrected chi connectivity index (χ3v) is 6.26. The molecule has 0 fully saturated rings. The number of nitrogens with one attached hydrogen (secondary N) is 1. The smallest absolute Gasteiger partial charge is 0.0384 e. The fourth-order valence-corrected chi connectivity index (χ4v) is 3.99. The average molecular weight is 386 g/mol. The van der Waals surface area contributed by atoms with E-state index in [0.717, 1.165) is 17.3 Å². The maximum atomic E-state index is 3.55. The van der Waals surface area contributed by atoms with Crippen molar-refractivity contribution in [3.8, 4) is 0 Å². The molecule has 0 spiro atoms. The number of hydrogen-bond acceptors (Lipinski definition) is 1. The largest absolute Gasteiger partial charge is 0.356 e. The molecule has 0 saturated heterocycles. The van der Waals surface area contributed by atoms with Crippen molar-refractivity contribution in [2.24, 2.45) is 5.92 Å². The van der Waals surface area contributed by atoms with Crippen molar-refractivity contribution in [1.82, 2.24) is 0 Å². The van der Waals surface area contributed by atoms with Crippen molar-refractivity contribution in [3.05, 3.63) is 95.6 Å². The Morgan fingerprint density at radius 1 is 0.621 bits per heavy atom. The van der Waals surface area contributed by atoms with E-state index in [4.69, 9.17) is 0 Å². The van der Waals surface area contributed by atoms with Crippen molar-refractivity contribution in [1.29, 1.82) is 0 Å². The molecule has 0 amide bonds. The Bertz CT molecular complexity index is 849. The van der Waals surface area contributed by atoms with Gasteiger partial charge in [-0.25, -0.2) is 0 Å². The minimum Gasteiger partial charge on any atom is -0.356 e. The van der Waals surface area contributed by atoms with Gasteiger partial charge in [-0.2, -0.15) is 0 Å². The molecule has 3 rings (SSSR count). The molecule has 0 radical (unpaired) electrons. The van der Waals surface area contributed by atoms with Crippen molar-refractivity contribution in [3.63, 3.8) is 0 Å². The van der Waals surface area contributed by atoms with Gasteiger partial charge in [0, 0.05) is 17.3 Å². The van der Waals surface area contributed by atoms with Crippen LogP contribution in [0.1, 0.15) is 75.5 Å². The number of anilines is 2. The van der Waals surface area contributed by atoms with Gasteiger partial charge in [0.15, 0.2) is 0 Å². The summed E-state index contributed by atoms with van der Waals surface area (Å²) in [5, 5.41) is 3.55. The maximum absolute atomic E-state index is 3.55. The van der Waals surface area contributed by atoms with Crippen molar-refractivity contribution < 1.29 is 0 Å². The molecule has 1 heteroatoms. The molecule has 3 unspecified atom stereocenters. The Morgan fingerprint density at radius 3 is 1.66 bits per heavy atom. The quantitative estimate of drug-likeness (QED) is 0.389. The fourth-order valence-electron chi connectivity index (χ4n) is 3.99. The number of rotatable bonds is 9. The van der Waals surface area contributed by atoms with Crippen molar-refractivity contribution >= 4 is 11.4 Å². The Hall–Kier alpha value is -2.54. The number of benzene rings is 3. The van der Waals surface area contributed by atoms with E-state index in [-0.39, 0.29) is 0 Å². The Kier molecular flexibility index (Phi) is 7.52. The lowest BCUT2D eigenvalue weighted by molar-refractivity contribution is 0.447. The Balaban J connectivity index is 1.64. The molecular formula is C28H35N. The van der Waals surface area contributed by atoms with Crippen LogP contribution in [0.4, 0.5) is 11.4 Å². The maximum Gasteiger partial charge on any atom is 0.0384 e. The second kappa shape index (κ2) is 10.3. The van der Waals surface area contributed by atoms with E-state index < -0.39 is 0 Å². The average Bonchev–Trinajstić information content (AvgIpc) is 2.78. The minimum atomic E-state index is 0.404. The van der Waals surface area contributed by atoms with Crippen LogP contribution in [0.25, 0.3) is 0 Å². The van der Waals surface area contributed by atoms with Crippen LogP contribution in [-0.2, 0) is 0 Å². The van der Waals surface area contributed by atoms with Crippen LogP contribution in [0.15, 0.2) is 78.9 Å². The van der Waals surface area contributed by atoms with Gasteiger partial charge in [-0.3, -0.25) is 0 Å². The van der Waals surface area contributed by atoms with E-state index in [1.54, 1.807) is 0 Å². The van der Waals surface area contributed by atoms with Gasteiger partial charge in [0.1, 0.15) is 0 Å². The Labute approximate surface area is 177 Å². The molecule has 3 aromatic rings. The molecule has 3 atom stereocenters. The zero-order chi connectivity index (χ0) is 20.6. The van der Waals surface area contributed by atoms with Gasteiger partial charge < -0.3 is 5.32 Å². The first-order valence-corrected chi connectivity index (χ1v) is 11.1. The fraction of sp³-hybridized carbons (Fsp3) is 0.357. The molecule has 1 nitrogen and oxygen atoms in total. The van der Waals surface area contributed by atoms with Gasteiger partial charge in [0.25, 0.3) is 0 Å². The highest BCUT2D eigenvalue weighted by Crippen LogP contribution is 2.30. The second-order valence-electron chi connectivity index (χ2n) is 8.36. The number of hydrogen-bond donors (Lipinski definition) is 1.